The molecule has 7 nitrogen and oxygen atoms in total. The number of ether oxygens (including phenoxy) is 1. The molecule has 27 heavy (non-hydrogen) atoms. The molecule has 136 valence electrons. The van der Waals surface area contributed by atoms with Crippen LogP contribution in [0.5, 0.6) is 0 Å². The number of anilines is 1. The van der Waals surface area contributed by atoms with Gasteiger partial charge in [0.15, 0.2) is 18.3 Å². The molecule has 3 aliphatic rings. The second kappa shape index (κ2) is 6.19. The Morgan fingerprint density at radius 2 is 2.19 bits per heavy atom. The first-order chi connectivity index (χ1) is 13.2. The van der Waals surface area contributed by atoms with Crippen LogP contribution in [0.25, 0.3) is 11.0 Å². The molecule has 1 atom stereocenters. The number of aromatic nitrogens is 3. The van der Waals surface area contributed by atoms with Gasteiger partial charge < -0.3 is 14.6 Å². The minimum absolute atomic E-state index is 0.128. The van der Waals surface area contributed by atoms with Crippen molar-refractivity contribution in [2.24, 2.45) is 4.99 Å². The van der Waals surface area contributed by atoms with Crippen LogP contribution < -0.4 is 4.90 Å². The molecule has 0 radical (unpaired) electrons. The summed E-state index contributed by atoms with van der Waals surface area (Å²) in [7, 11) is 3.73. The van der Waals surface area contributed by atoms with Gasteiger partial charge >= 0.3 is 0 Å². The molecule has 2 aromatic heterocycles. The van der Waals surface area contributed by atoms with Gasteiger partial charge in [-0.05, 0) is 24.6 Å². The van der Waals surface area contributed by atoms with E-state index in [0.717, 1.165) is 47.7 Å². The third kappa shape index (κ3) is 2.66. The van der Waals surface area contributed by atoms with Crippen LogP contribution in [0.15, 0.2) is 58.8 Å². The van der Waals surface area contributed by atoms with Crippen LogP contribution in [-0.2, 0) is 4.74 Å². The molecule has 0 fully saturated rings. The summed E-state index contributed by atoms with van der Waals surface area (Å²) in [5, 5.41) is 1.01. The van der Waals surface area contributed by atoms with Crippen LogP contribution in [0.4, 0.5) is 5.82 Å². The molecule has 2 aromatic rings. The van der Waals surface area contributed by atoms with Crippen LogP contribution in [0.3, 0.4) is 0 Å². The zero-order valence-corrected chi connectivity index (χ0v) is 15.4. The summed E-state index contributed by atoms with van der Waals surface area (Å²) in [6.07, 6.45) is 15.4. The van der Waals surface area contributed by atoms with Crippen LogP contribution in [0.1, 0.15) is 19.3 Å². The van der Waals surface area contributed by atoms with E-state index in [2.05, 4.69) is 49.0 Å². The van der Waals surface area contributed by atoms with E-state index in [1.54, 1.807) is 13.4 Å². The molecular formula is C20H21N6O+. The summed E-state index contributed by atoms with van der Waals surface area (Å²) >= 11 is 0. The molecule has 5 rings (SSSR count). The number of aromatic amines is 1. The number of fused-ring (bicyclic) bond motifs is 2. The number of rotatable bonds is 3. The average Bonchev–Trinajstić information content (AvgIpc) is 3.41. The molecule has 0 saturated carbocycles. The largest absolute Gasteiger partial charge is 0.484 e. The van der Waals surface area contributed by atoms with Gasteiger partial charge in [0.05, 0.1) is 23.6 Å². The number of nitrogens with zero attached hydrogens (tertiary/aromatic N) is 5. The Labute approximate surface area is 157 Å². The van der Waals surface area contributed by atoms with E-state index in [1.807, 2.05) is 19.3 Å². The van der Waals surface area contributed by atoms with Crippen LogP contribution in [0.2, 0.25) is 0 Å². The minimum atomic E-state index is 0.128. The fraction of sp³-hybridized carbons (Fsp3) is 0.300. The summed E-state index contributed by atoms with van der Waals surface area (Å²) in [5.74, 6) is 1.74. The first kappa shape index (κ1) is 16.0. The molecule has 7 heteroatoms. The van der Waals surface area contributed by atoms with Crippen molar-refractivity contribution in [3.63, 3.8) is 0 Å². The molecular weight excluding hydrogens is 340 g/mol. The summed E-state index contributed by atoms with van der Waals surface area (Å²) in [4.78, 5) is 18.7. The molecule has 2 aliphatic heterocycles. The quantitative estimate of drug-likeness (QED) is 0.854. The van der Waals surface area contributed by atoms with E-state index in [1.165, 1.54) is 11.1 Å². The van der Waals surface area contributed by atoms with Crippen LogP contribution >= 0.6 is 0 Å². The Hall–Kier alpha value is -3.22. The second-order valence-corrected chi connectivity index (χ2v) is 6.93. The Morgan fingerprint density at radius 3 is 3.04 bits per heavy atom. The zero-order chi connectivity index (χ0) is 18.4. The van der Waals surface area contributed by atoms with Crippen molar-refractivity contribution in [2.75, 3.05) is 19.1 Å². The Bertz CT molecular complexity index is 1070. The maximum absolute atomic E-state index is 5.34. The predicted octanol–water partition coefficient (Wildman–Crippen LogP) is 2.75. The number of methoxy groups -OCH3 is 1. The van der Waals surface area contributed by atoms with Crippen molar-refractivity contribution in [1.82, 2.24) is 15.0 Å². The van der Waals surface area contributed by atoms with E-state index in [-0.39, 0.29) is 6.17 Å². The number of nitrogens with one attached hydrogen (secondary N) is 1. The van der Waals surface area contributed by atoms with Crippen molar-refractivity contribution < 1.29 is 9.31 Å². The van der Waals surface area contributed by atoms with Gasteiger partial charge in [-0.1, -0.05) is 0 Å². The Kier molecular flexibility index (Phi) is 3.67. The lowest BCUT2D eigenvalue weighted by atomic mass is 10.1. The summed E-state index contributed by atoms with van der Waals surface area (Å²) in [5.41, 5.74) is 4.37. The number of aliphatic imine (C=N–C) groups is 1. The van der Waals surface area contributed by atoms with Gasteiger partial charge in [-0.3, -0.25) is 0 Å². The third-order valence-electron chi connectivity index (χ3n) is 5.28. The highest BCUT2D eigenvalue weighted by Crippen LogP contribution is 2.32. The highest BCUT2D eigenvalue weighted by atomic mass is 16.5. The maximum Gasteiger partial charge on any atom is 0.253 e. The van der Waals surface area contributed by atoms with Crippen molar-refractivity contribution >= 4 is 29.0 Å². The lowest BCUT2D eigenvalue weighted by molar-refractivity contribution is -0.493. The zero-order valence-electron chi connectivity index (χ0n) is 15.4. The van der Waals surface area contributed by atoms with E-state index in [4.69, 9.17) is 9.73 Å². The first-order valence-electron chi connectivity index (χ1n) is 9.13. The molecule has 1 aliphatic carbocycles. The van der Waals surface area contributed by atoms with Crippen molar-refractivity contribution in [1.29, 1.82) is 0 Å². The highest BCUT2D eigenvalue weighted by molar-refractivity contribution is 5.91. The SMILES string of the molecule is COC1=NC([N+]2=CC3=CC(N(C)c4ncnc5[nH]ccc45)=CC3=C2)CCC1. The predicted molar refractivity (Wildman–Crippen MR) is 105 cm³/mol. The molecule has 1 unspecified atom stereocenters. The monoisotopic (exact) mass is 361 g/mol. The van der Waals surface area contributed by atoms with Gasteiger partial charge in [0, 0.05) is 31.8 Å². The van der Waals surface area contributed by atoms with Gasteiger partial charge in [0.2, 0.25) is 0 Å². The fourth-order valence-corrected chi connectivity index (χ4v) is 3.82. The fourth-order valence-electron chi connectivity index (χ4n) is 3.82. The van der Waals surface area contributed by atoms with Gasteiger partial charge in [0.1, 0.15) is 17.8 Å². The molecule has 0 spiro atoms. The van der Waals surface area contributed by atoms with E-state index in [9.17, 15) is 0 Å². The molecule has 1 N–H and O–H groups in total. The second-order valence-electron chi connectivity index (χ2n) is 6.93. The topological polar surface area (TPSA) is 69.4 Å². The number of allylic oxidation sites excluding steroid dienone is 4. The molecule has 0 amide bonds. The Morgan fingerprint density at radius 1 is 1.26 bits per heavy atom. The third-order valence-corrected chi connectivity index (χ3v) is 5.28. The Balaban J connectivity index is 1.41. The lowest BCUT2D eigenvalue weighted by Crippen LogP contribution is -2.25. The maximum atomic E-state index is 5.34. The first-order valence-corrected chi connectivity index (χ1v) is 9.13. The lowest BCUT2D eigenvalue weighted by Gasteiger charge is -2.18. The van der Waals surface area contributed by atoms with E-state index >= 15 is 0 Å². The summed E-state index contributed by atoms with van der Waals surface area (Å²) < 4.78 is 7.54. The average molecular weight is 361 g/mol. The standard InChI is InChI=1S/C20H21N6O/c1-25(20-16-6-7-21-19(16)22-12-23-20)15-8-13-10-26(11-14(13)9-15)17-4-3-5-18(24-17)27-2/h6-12,17H,3-5H2,1-2H3,(H,21,22,23)/q+1. The van der Waals surface area contributed by atoms with E-state index in [0.29, 0.717) is 0 Å². The van der Waals surface area contributed by atoms with Crippen molar-refractivity contribution in [3.8, 4) is 0 Å². The highest BCUT2D eigenvalue weighted by Gasteiger charge is 2.31. The van der Waals surface area contributed by atoms with Crippen molar-refractivity contribution in [3.05, 3.63) is 53.8 Å². The smallest absolute Gasteiger partial charge is 0.253 e. The molecule has 4 heterocycles. The number of hydrogen-bond donors (Lipinski definition) is 1. The van der Waals surface area contributed by atoms with Gasteiger partial charge in [-0.15, -0.1) is 0 Å². The number of likely N-dealkylation sites (N-methyl/N-ethyl adjacent to an activating group) is 1. The van der Waals surface area contributed by atoms with E-state index < -0.39 is 0 Å². The van der Waals surface area contributed by atoms with Gasteiger partial charge in [-0.25, -0.2) is 9.97 Å². The summed E-state index contributed by atoms with van der Waals surface area (Å²) in [6.45, 7) is 0. The molecule has 0 saturated heterocycles. The van der Waals surface area contributed by atoms with Gasteiger partial charge in [-0.2, -0.15) is 9.57 Å². The minimum Gasteiger partial charge on any atom is -0.484 e. The normalized spacial score (nSPS) is 21.3. The molecule has 0 aromatic carbocycles. The number of hydrogen-bond acceptors (Lipinski definition) is 5. The van der Waals surface area contributed by atoms with Crippen molar-refractivity contribution in [2.45, 2.75) is 25.4 Å². The number of H-pyrrole nitrogens is 1. The molecule has 0 bridgehead atoms. The van der Waals surface area contributed by atoms with Gasteiger partial charge in [0.25, 0.3) is 6.17 Å². The summed E-state index contributed by atoms with van der Waals surface area (Å²) in [6, 6.07) is 2.01. The van der Waals surface area contributed by atoms with Crippen LogP contribution in [0, 0.1) is 0 Å². The van der Waals surface area contributed by atoms with Crippen LogP contribution in [-0.4, -0.2) is 52.0 Å².